The topological polar surface area (TPSA) is 96.2 Å². The van der Waals surface area contributed by atoms with Crippen molar-refractivity contribution in [2.24, 2.45) is 0 Å². The van der Waals surface area contributed by atoms with E-state index in [1.165, 1.54) is 0 Å². The fourth-order valence-corrected chi connectivity index (χ4v) is 2.77. The van der Waals surface area contributed by atoms with Crippen molar-refractivity contribution in [2.45, 2.75) is 19.9 Å². The zero-order valence-corrected chi connectivity index (χ0v) is 14.9. The Balaban J connectivity index is 1.79. The van der Waals surface area contributed by atoms with Gasteiger partial charge in [-0.15, -0.1) is 0 Å². The lowest BCUT2D eigenvalue weighted by Crippen LogP contribution is -2.26. The van der Waals surface area contributed by atoms with Gasteiger partial charge in [0.15, 0.2) is 11.5 Å². The second-order valence-electron chi connectivity index (χ2n) is 5.88. The number of benzene rings is 2. The number of ether oxygens (including phenoxy) is 2. The number of imidazole rings is 1. The Bertz CT molecular complexity index is 990. The molecule has 7 heteroatoms. The molecule has 1 atom stereocenters. The third-order valence-electron chi connectivity index (χ3n) is 4.11. The molecule has 1 amide bonds. The fraction of sp³-hybridized carbons (Fsp3) is 0.263. The predicted octanol–water partition coefficient (Wildman–Crippen LogP) is 2.75. The number of hydrogen-bond donors (Lipinski definition) is 3. The minimum absolute atomic E-state index is 0.219. The quantitative estimate of drug-likeness (QED) is 0.633. The highest BCUT2D eigenvalue weighted by Crippen LogP contribution is 2.28. The van der Waals surface area contributed by atoms with Gasteiger partial charge in [-0.3, -0.25) is 4.79 Å². The molecule has 0 aliphatic rings. The Labute approximate surface area is 150 Å². The first-order valence-corrected chi connectivity index (χ1v) is 8.35. The average Bonchev–Trinajstić information content (AvgIpc) is 3.00. The van der Waals surface area contributed by atoms with Crippen molar-refractivity contribution >= 4 is 16.9 Å². The molecular formula is C19H21N3O4. The summed E-state index contributed by atoms with van der Waals surface area (Å²) in [5.74, 6) is 0.892. The van der Waals surface area contributed by atoms with Gasteiger partial charge >= 0.3 is 5.69 Å². The number of H-pyrrole nitrogens is 2. The Hall–Kier alpha value is -3.22. The van der Waals surface area contributed by atoms with Gasteiger partial charge in [-0.05, 0) is 49.7 Å². The summed E-state index contributed by atoms with van der Waals surface area (Å²) in [4.78, 5) is 29.4. The van der Waals surface area contributed by atoms with E-state index in [9.17, 15) is 9.59 Å². The second-order valence-corrected chi connectivity index (χ2v) is 5.88. The number of hydrogen-bond acceptors (Lipinski definition) is 4. The third kappa shape index (κ3) is 3.56. The van der Waals surface area contributed by atoms with Crippen molar-refractivity contribution in [1.82, 2.24) is 15.3 Å². The minimum Gasteiger partial charge on any atom is -0.493 e. The van der Waals surface area contributed by atoms with E-state index >= 15 is 0 Å². The highest BCUT2D eigenvalue weighted by atomic mass is 16.5. The van der Waals surface area contributed by atoms with Gasteiger partial charge in [-0.2, -0.15) is 0 Å². The van der Waals surface area contributed by atoms with Crippen LogP contribution in [-0.4, -0.2) is 29.6 Å². The maximum atomic E-state index is 12.6. The maximum Gasteiger partial charge on any atom is 0.323 e. The Morgan fingerprint density at radius 3 is 2.62 bits per heavy atom. The molecule has 0 aliphatic heterocycles. The molecule has 0 bridgehead atoms. The van der Waals surface area contributed by atoms with E-state index in [2.05, 4.69) is 15.3 Å². The van der Waals surface area contributed by atoms with Crippen LogP contribution in [0.2, 0.25) is 0 Å². The lowest BCUT2D eigenvalue weighted by molar-refractivity contribution is 0.0939. The third-order valence-corrected chi connectivity index (χ3v) is 4.11. The predicted molar refractivity (Wildman–Crippen MR) is 99.0 cm³/mol. The van der Waals surface area contributed by atoms with Crippen LogP contribution >= 0.6 is 0 Å². The summed E-state index contributed by atoms with van der Waals surface area (Å²) >= 11 is 0. The molecule has 0 fully saturated rings. The molecule has 136 valence electrons. The van der Waals surface area contributed by atoms with E-state index in [4.69, 9.17) is 9.47 Å². The fourth-order valence-electron chi connectivity index (χ4n) is 2.77. The lowest BCUT2D eigenvalue weighted by Gasteiger charge is -2.16. The molecule has 1 unspecified atom stereocenters. The summed E-state index contributed by atoms with van der Waals surface area (Å²) in [5, 5.41) is 2.95. The molecule has 1 heterocycles. The minimum atomic E-state index is -0.254. The molecule has 0 saturated heterocycles. The molecule has 7 nitrogen and oxygen atoms in total. The molecule has 0 aliphatic carbocycles. The summed E-state index contributed by atoms with van der Waals surface area (Å²) < 4.78 is 10.8. The molecule has 3 N–H and O–H groups in total. The highest BCUT2D eigenvalue weighted by Gasteiger charge is 2.15. The molecular weight excluding hydrogens is 334 g/mol. The van der Waals surface area contributed by atoms with E-state index < -0.39 is 0 Å². The number of rotatable bonds is 6. The van der Waals surface area contributed by atoms with Gasteiger partial charge in [0.1, 0.15) is 0 Å². The molecule has 3 aromatic rings. The first kappa shape index (κ1) is 17.6. The van der Waals surface area contributed by atoms with Crippen LogP contribution in [0.3, 0.4) is 0 Å². The lowest BCUT2D eigenvalue weighted by atomic mass is 10.1. The van der Waals surface area contributed by atoms with Gasteiger partial charge in [-0.1, -0.05) is 6.07 Å². The zero-order chi connectivity index (χ0) is 18.7. The summed E-state index contributed by atoms with van der Waals surface area (Å²) in [6.45, 7) is 4.24. The number of fused-ring (bicyclic) bond motifs is 1. The SMILES string of the molecule is CCOc1cc(C(=O)NC(C)c2ccc3[nH]c(=O)[nH]c3c2)ccc1OC. The van der Waals surface area contributed by atoms with E-state index in [0.717, 1.165) is 11.1 Å². The first-order valence-electron chi connectivity index (χ1n) is 8.35. The average molecular weight is 355 g/mol. The van der Waals surface area contributed by atoms with Gasteiger partial charge in [-0.25, -0.2) is 4.79 Å². The summed E-state index contributed by atoms with van der Waals surface area (Å²) in [6, 6.07) is 10.4. The molecule has 3 rings (SSSR count). The first-order chi connectivity index (χ1) is 12.5. The number of amides is 1. The van der Waals surface area contributed by atoms with E-state index in [-0.39, 0.29) is 17.6 Å². The summed E-state index contributed by atoms with van der Waals surface area (Å²) in [6.07, 6.45) is 0. The smallest absolute Gasteiger partial charge is 0.323 e. The molecule has 0 saturated carbocycles. The second kappa shape index (κ2) is 7.35. The Kier molecular flexibility index (Phi) is 4.97. The van der Waals surface area contributed by atoms with Crippen LogP contribution in [0, 0.1) is 0 Å². The number of nitrogens with one attached hydrogen (secondary N) is 3. The van der Waals surface area contributed by atoms with Gasteiger partial charge in [0, 0.05) is 5.56 Å². The van der Waals surface area contributed by atoms with Gasteiger partial charge in [0.05, 0.1) is 30.8 Å². The van der Waals surface area contributed by atoms with Crippen LogP contribution in [0.5, 0.6) is 11.5 Å². The van der Waals surface area contributed by atoms with Crippen molar-refractivity contribution in [3.05, 3.63) is 58.0 Å². The Morgan fingerprint density at radius 1 is 1.12 bits per heavy atom. The largest absolute Gasteiger partial charge is 0.493 e. The standard InChI is InChI=1S/C19H21N3O4/c1-4-26-17-10-13(6-8-16(17)25-3)18(23)20-11(2)12-5-7-14-15(9-12)22-19(24)21-14/h5-11H,4H2,1-3H3,(H,20,23)(H2,21,22,24). The molecule has 0 spiro atoms. The molecule has 0 radical (unpaired) electrons. The number of aromatic amines is 2. The van der Waals surface area contributed by atoms with Crippen LogP contribution in [0.15, 0.2) is 41.2 Å². The monoisotopic (exact) mass is 355 g/mol. The van der Waals surface area contributed by atoms with Crippen LogP contribution in [0.4, 0.5) is 0 Å². The van der Waals surface area contributed by atoms with E-state index in [1.54, 1.807) is 25.3 Å². The van der Waals surface area contributed by atoms with Crippen molar-refractivity contribution < 1.29 is 14.3 Å². The van der Waals surface area contributed by atoms with Gasteiger partial charge in [0.25, 0.3) is 5.91 Å². The van der Waals surface area contributed by atoms with Gasteiger partial charge in [0.2, 0.25) is 0 Å². The summed E-state index contributed by atoms with van der Waals surface area (Å²) in [5.41, 5.74) is 2.55. The number of aromatic nitrogens is 2. The van der Waals surface area contributed by atoms with Crippen molar-refractivity contribution in [2.75, 3.05) is 13.7 Å². The van der Waals surface area contributed by atoms with Crippen molar-refractivity contribution in [3.8, 4) is 11.5 Å². The number of methoxy groups -OCH3 is 1. The molecule has 1 aromatic heterocycles. The van der Waals surface area contributed by atoms with E-state index in [0.29, 0.717) is 29.2 Å². The van der Waals surface area contributed by atoms with Gasteiger partial charge < -0.3 is 24.8 Å². The van der Waals surface area contributed by atoms with Crippen molar-refractivity contribution in [3.63, 3.8) is 0 Å². The molecule has 26 heavy (non-hydrogen) atoms. The van der Waals surface area contributed by atoms with Crippen LogP contribution in [-0.2, 0) is 0 Å². The highest BCUT2D eigenvalue weighted by molar-refractivity contribution is 5.95. The maximum absolute atomic E-state index is 12.6. The normalized spacial score (nSPS) is 12.0. The number of carbonyl (C=O) groups is 1. The summed E-state index contributed by atoms with van der Waals surface area (Å²) in [7, 11) is 1.56. The number of carbonyl (C=O) groups excluding carboxylic acids is 1. The van der Waals surface area contributed by atoms with Crippen LogP contribution in [0.25, 0.3) is 11.0 Å². The molecule has 2 aromatic carbocycles. The van der Waals surface area contributed by atoms with E-state index in [1.807, 2.05) is 32.0 Å². The Morgan fingerprint density at radius 2 is 1.88 bits per heavy atom. The van der Waals surface area contributed by atoms with Crippen LogP contribution < -0.4 is 20.5 Å². The van der Waals surface area contributed by atoms with Crippen LogP contribution in [0.1, 0.15) is 35.8 Å². The van der Waals surface area contributed by atoms with Crippen molar-refractivity contribution in [1.29, 1.82) is 0 Å². The zero-order valence-electron chi connectivity index (χ0n) is 14.9.